The monoisotopic (exact) mass is 570 g/mol. The second-order valence-corrected chi connectivity index (χ2v) is 10.3. The molecule has 6 nitrogen and oxygen atoms in total. The lowest BCUT2D eigenvalue weighted by molar-refractivity contribution is -0.137. The first-order chi connectivity index (χ1) is 20.5. The van der Waals surface area contributed by atoms with Gasteiger partial charge in [-0.2, -0.15) is 0 Å². The lowest BCUT2D eigenvalue weighted by atomic mass is 10.00. The van der Waals surface area contributed by atoms with Crippen LogP contribution in [0.3, 0.4) is 0 Å². The molecule has 0 saturated heterocycles. The zero-order chi connectivity index (χ0) is 30.0. The van der Waals surface area contributed by atoms with Gasteiger partial charge in [0.25, 0.3) is 0 Å². The van der Waals surface area contributed by atoms with E-state index in [0.717, 1.165) is 62.9 Å². The summed E-state index contributed by atoms with van der Waals surface area (Å²) in [7, 11) is 0. The number of hydrogen-bond donors (Lipinski definition) is 0. The van der Waals surface area contributed by atoms with E-state index in [1.54, 1.807) is 36.4 Å². The number of aryl methyl sites for hydroxylation is 3. The summed E-state index contributed by atoms with van der Waals surface area (Å²) in [4.78, 5) is 35.5. The van der Waals surface area contributed by atoms with Crippen LogP contribution >= 0.6 is 0 Å². The number of ether oxygens (including phenoxy) is 3. The van der Waals surface area contributed by atoms with Crippen molar-refractivity contribution in [3.05, 3.63) is 107 Å². The molecule has 0 amide bonds. The minimum absolute atomic E-state index is 0.245. The first-order valence-electron chi connectivity index (χ1n) is 14.9. The molecular formula is C36H42O6. The molecule has 0 bridgehead atoms. The minimum atomic E-state index is -0.534. The normalized spacial score (nSPS) is 10.6. The molecule has 0 unspecified atom stereocenters. The minimum Gasteiger partial charge on any atom is -0.494 e. The Morgan fingerprint density at radius 2 is 1.38 bits per heavy atom. The van der Waals surface area contributed by atoms with Crippen molar-refractivity contribution >= 4 is 18.2 Å². The highest BCUT2D eigenvalue weighted by Gasteiger charge is 2.13. The third kappa shape index (κ3) is 11.4. The largest absolute Gasteiger partial charge is 0.494 e. The summed E-state index contributed by atoms with van der Waals surface area (Å²) in [5, 5.41) is 0. The molecule has 0 N–H and O–H groups in total. The fourth-order valence-corrected chi connectivity index (χ4v) is 4.50. The molecule has 0 fully saturated rings. The molecule has 0 atom stereocenters. The summed E-state index contributed by atoms with van der Waals surface area (Å²) in [5.41, 5.74) is 4.37. The van der Waals surface area contributed by atoms with Gasteiger partial charge in [-0.3, -0.25) is 4.79 Å². The van der Waals surface area contributed by atoms with Gasteiger partial charge in [0.15, 0.2) is 6.29 Å². The van der Waals surface area contributed by atoms with Crippen LogP contribution in [0.15, 0.2) is 79.4 Å². The molecule has 0 aliphatic carbocycles. The van der Waals surface area contributed by atoms with Crippen molar-refractivity contribution < 1.29 is 28.6 Å². The Morgan fingerprint density at radius 3 is 2.05 bits per heavy atom. The SMILES string of the molecule is C=CC(=O)OCCCCCCOc1ccc(C(=O)Oc2ccc(CCc3ccc(CCCCC)cc3)cc2C=O)cc1. The molecule has 3 aromatic carbocycles. The van der Waals surface area contributed by atoms with Crippen molar-refractivity contribution in [3.63, 3.8) is 0 Å². The van der Waals surface area contributed by atoms with Crippen LogP contribution in [-0.4, -0.2) is 31.4 Å². The van der Waals surface area contributed by atoms with E-state index in [2.05, 4.69) is 37.8 Å². The summed E-state index contributed by atoms with van der Waals surface area (Å²) < 4.78 is 16.3. The summed E-state index contributed by atoms with van der Waals surface area (Å²) in [6.45, 7) is 6.53. The zero-order valence-corrected chi connectivity index (χ0v) is 24.6. The van der Waals surface area contributed by atoms with Gasteiger partial charge in [0, 0.05) is 6.08 Å². The number of benzene rings is 3. The highest BCUT2D eigenvalue weighted by molar-refractivity contribution is 5.92. The summed E-state index contributed by atoms with van der Waals surface area (Å²) >= 11 is 0. The van der Waals surface area contributed by atoms with Crippen LogP contribution in [0.2, 0.25) is 0 Å². The Morgan fingerprint density at radius 1 is 0.738 bits per heavy atom. The Kier molecular flexibility index (Phi) is 14.1. The average molecular weight is 571 g/mol. The second kappa shape index (κ2) is 18.3. The quantitative estimate of drug-likeness (QED) is 0.0479. The smallest absolute Gasteiger partial charge is 0.343 e. The lowest BCUT2D eigenvalue weighted by Gasteiger charge is -2.10. The number of esters is 2. The highest BCUT2D eigenvalue weighted by Crippen LogP contribution is 2.22. The fourth-order valence-electron chi connectivity index (χ4n) is 4.50. The molecule has 3 aromatic rings. The highest BCUT2D eigenvalue weighted by atomic mass is 16.5. The maximum atomic E-state index is 12.7. The van der Waals surface area contributed by atoms with Crippen molar-refractivity contribution in [2.45, 2.75) is 71.1 Å². The van der Waals surface area contributed by atoms with Gasteiger partial charge < -0.3 is 14.2 Å². The molecule has 0 aliphatic rings. The van der Waals surface area contributed by atoms with Crippen LogP contribution in [0.5, 0.6) is 11.5 Å². The second-order valence-electron chi connectivity index (χ2n) is 10.3. The number of rotatable bonds is 19. The maximum Gasteiger partial charge on any atom is 0.343 e. The van der Waals surface area contributed by atoms with E-state index in [1.165, 1.54) is 30.4 Å². The van der Waals surface area contributed by atoms with Crippen molar-refractivity contribution in [1.82, 2.24) is 0 Å². The molecule has 0 heterocycles. The fraction of sp³-hybridized carbons (Fsp3) is 0.361. The maximum absolute atomic E-state index is 12.7. The molecule has 0 aromatic heterocycles. The molecule has 0 spiro atoms. The summed E-state index contributed by atoms with van der Waals surface area (Å²) in [6.07, 6.45) is 11.9. The van der Waals surface area contributed by atoms with E-state index in [0.29, 0.717) is 30.1 Å². The Labute approximate surface area is 249 Å². The van der Waals surface area contributed by atoms with E-state index in [1.807, 2.05) is 6.07 Å². The molecule has 222 valence electrons. The molecule has 42 heavy (non-hydrogen) atoms. The topological polar surface area (TPSA) is 78.9 Å². The summed E-state index contributed by atoms with van der Waals surface area (Å²) in [6, 6.07) is 20.9. The summed E-state index contributed by atoms with van der Waals surface area (Å²) in [5.74, 6) is -0.0210. The van der Waals surface area contributed by atoms with Gasteiger partial charge in [-0.1, -0.05) is 56.7 Å². The first-order valence-corrected chi connectivity index (χ1v) is 14.9. The van der Waals surface area contributed by atoms with E-state index in [-0.39, 0.29) is 5.75 Å². The van der Waals surface area contributed by atoms with Gasteiger partial charge in [0.2, 0.25) is 0 Å². The first kappa shape index (κ1) is 32.3. The number of unbranched alkanes of at least 4 members (excludes halogenated alkanes) is 5. The van der Waals surface area contributed by atoms with Crippen molar-refractivity contribution in [2.75, 3.05) is 13.2 Å². The number of carbonyl (C=O) groups excluding carboxylic acids is 3. The van der Waals surface area contributed by atoms with Gasteiger partial charge in [0.05, 0.1) is 24.3 Å². The third-order valence-corrected chi connectivity index (χ3v) is 7.01. The zero-order valence-electron chi connectivity index (χ0n) is 24.6. The molecule has 0 radical (unpaired) electrons. The number of carbonyl (C=O) groups is 3. The Balaban J connectivity index is 1.42. The number of hydrogen-bond acceptors (Lipinski definition) is 6. The number of aldehydes is 1. The van der Waals surface area contributed by atoms with Gasteiger partial charge in [0.1, 0.15) is 11.5 Å². The van der Waals surface area contributed by atoms with Crippen LogP contribution in [0.25, 0.3) is 0 Å². The van der Waals surface area contributed by atoms with Gasteiger partial charge in [-0.05, 0) is 104 Å². The molecule has 0 aliphatic heterocycles. The van der Waals surface area contributed by atoms with E-state index >= 15 is 0 Å². The van der Waals surface area contributed by atoms with Crippen molar-refractivity contribution in [3.8, 4) is 11.5 Å². The van der Waals surface area contributed by atoms with E-state index in [4.69, 9.17) is 14.2 Å². The predicted octanol–water partition coefficient (Wildman–Crippen LogP) is 7.90. The van der Waals surface area contributed by atoms with Gasteiger partial charge in [-0.25, -0.2) is 9.59 Å². The van der Waals surface area contributed by atoms with Gasteiger partial charge >= 0.3 is 11.9 Å². The van der Waals surface area contributed by atoms with Crippen LogP contribution in [-0.2, 0) is 28.8 Å². The molecule has 6 heteroatoms. The third-order valence-electron chi connectivity index (χ3n) is 7.01. The predicted molar refractivity (Wildman–Crippen MR) is 165 cm³/mol. The van der Waals surface area contributed by atoms with Crippen LogP contribution in [0, 0.1) is 0 Å². The average Bonchev–Trinajstić information content (AvgIpc) is 3.02. The molecule has 0 saturated carbocycles. The van der Waals surface area contributed by atoms with Crippen LogP contribution in [0.1, 0.15) is 89.3 Å². The molecule has 3 rings (SSSR count). The Bertz CT molecular complexity index is 1280. The standard InChI is InChI=1S/C36H42O6/c1-3-5-8-11-28-12-14-29(15-13-28)16-17-30-18-23-34(32(26-30)27-37)42-36(39)31-19-21-33(22-20-31)40-24-9-6-7-10-25-41-35(38)4-2/h4,12-15,18-23,26-27H,2-3,5-11,16-17,24-25H2,1H3. The molecular weight excluding hydrogens is 528 g/mol. The van der Waals surface area contributed by atoms with Crippen LogP contribution < -0.4 is 9.47 Å². The van der Waals surface area contributed by atoms with Gasteiger partial charge in [-0.15, -0.1) is 0 Å². The van der Waals surface area contributed by atoms with Crippen LogP contribution in [0.4, 0.5) is 0 Å². The van der Waals surface area contributed by atoms with E-state index < -0.39 is 11.9 Å². The Hall–Kier alpha value is -4.19. The van der Waals surface area contributed by atoms with E-state index in [9.17, 15) is 14.4 Å². The van der Waals surface area contributed by atoms with Crippen molar-refractivity contribution in [2.24, 2.45) is 0 Å². The van der Waals surface area contributed by atoms with Crippen molar-refractivity contribution in [1.29, 1.82) is 0 Å². The lowest BCUT2D eigenvalue weighted by Crippen LogP contribution is -2.10.